The van der Waals surface area contributed by atoms with Crippen molar-refractivity contribution in [3.63, 3.8) is 0 Å². The molecule has 1 aliphatic heterocycles. The van der Waals surface area contributed by atoms with Gasteiger partial charge in [-0.2, -0.15) is 0 Å². The summed E-state index contributed by atoms with van der Waals surface area (Å²) >= 11 is 1.58. The molecular formula is C20H23N3OS. The topological polar surface area (TPSA) is 28.5 Å². The first-order chi connectivity index (χ1) is 12.2. The molecule has 0 N–H and O–H groups in total. The van der Waals surface area contributed by atoms with Gasteiger partial charge in [-0.25, -0.2) is 3.96 Å². The zero-order valence-electron chi connectivity index (χ0n) is 14.5. The van der Waals surface area contributed by atoms with Crippen LogP contribution in [0.1, 0.15) is 18.7 Å². The predicted molar refractivity (Wildman–Crippen MR) is 104 cm³/mol. The highest BCUT2D eigenvalue weighted by Crippen LogP contribution is 2.22. The van der Waals surface area contributed by atoms with Crippen molar-refractivity contribution in [3.05, 3.63) is 70.5 Å². The maximum Gasteiger partial charge on any atom is 0.269 e. The smallest absolute Gasteiger partial charge is 0.269 e. The number of fused-ring (bicyclic) bond motifs is 1. The number of hydrogen-bond acceptors (Lipinski definition) is 4. The number of piperazine rings is 1. The summed E-state index contributed by atoms with van der Waals surface area (Å²) in [4.78, 5) is 17.6. The van der Waals surface area contributed by atoms with E-state index in [4.69, 9.17) is 0 Å². The number of benzene rings is 2. The Morgan fingerprint density at radius 2 is 1.64 bits per heavy atom. The highest BCUT2D eigenvalue weighted by atomic mass is 32.1. The van der Waals surface area contributed by atoms with Gasteiger partial charge in [-0.1, -0.05) is 54.0 Å². The van der Waals surface area contributed by atoms with E-state index in [0.29, 0.717) is 0 Å². The van der Waals surface area contributed by atoms with E-state index < -0.39 is 0 Å². The lowest BCUT2D eigenvalue weighted by atomic mass is 10.2. The lowest BCUT2D eigenvalue weighted by molar-refractivity contribution is 0.0738. The van der Waals surface area contributed by atoms with Gasteiger partial charge in [0.15, 0.2) is 0 Å². The van der Waals surface area contributed by atoms with Crippen LogP contribution in [0, 0.1) is 0 Å². The zero-order valence-corrected chi connectivity index (χ0v) is 15.3. The third kappa shape index (κ3) is 3.40. The fourth-order valence-corrected chi connectivity index (χ4v) is 4.59. The van der Waals surface area contributed by atoms with E-state index in [1.54, 1.807) is 11.5 Å². The molecule has 1 aromatic heterocycles. The minimum absolute atomic E-state index is 0.115. The molecule has 1 saturated heterocycles. The van der Waals surface area contributed by atoms with E-state index >= 15 is 0 Å². The van der Waals surface area contributed by atoms with Crippen LogP contribution in [-0.2, 0) is 6.54 Å². The van der Waals surface area contributed by atoms with Crippen molar-refractivity contribution in [2.45, 2.75) is 19.6 Å². The van der Waals surface area contributed by atoms with E-state index in [9.17, 15) is 4.79 Å². The lowest BCUT2D eigenvalue weighted by Crippen LogP contribution is -2.48. The first-order valence-corrected chi connectivity index (χ1v) is 9.60. The average Bonchev–Trinajstić information content (AvgIpc) is 3.00. The molecule has 2 aromatic carbocycles. The second-order valence-corrected chi connectivity index (χ2v) is 7.66. The summed E-state index contributed by atoms with van der Waals surface area (Å²) in [6, 6.07) is 18.5. The number of aromatic nitrogens is 1. The van der Waals surface area contributed by atoms with Gasteiger partial charge in [0.25, 0.3) is 5.56 Å². The highest BCUT2D eigenvalue weighted by Gasteiger charge is 2.24. The van der Waals surface area contributed by atoms with E-state index in [0.717, 1.165) is 42.8 Å². The quantitative estimate of drug-likeness (QED) is 0.720. The van der Waals surface area contributed by atoms with Crippen molar-refractivity contribution >= 4 is 21.6 Å². The van der Waals surface area contributed by atoms with Gasteiger partial charge in [-0.05, 0) is 24.6 Å². The van der Waals surface area contributed by atoms with Crippen LogP contribution in [0.15, 0.2) is 59.4 Å². The average molecular weight is 353 g/mol. The molecule has 0 saturated carbocycles. The van der Waals surface area contributed by atoms with Crippen LogP contribution in [0.5, 0.6) is 0 Å². The number of hydrogen-bond donors (Lipinski definition) is 0. The fraction of sp³-hybridized carbons (Fsp3) is 0.350. The zero-order chi connectivity index (χ0) is 17.2. The Bertz CT molecular complexity index is 894. The summed E-state index contributed by atoms with van der Waals surface area (Å²) in [5.41, 5.74) is 1.50. The monoisotopic (exact) mass is 353 g/mol. The molecule has 5 heteroatoms. The third-order valence-corrected chi connectivity index (χ3v) is 6.26. The van der Waals surface area contributed by atoms with E-state index in [1.807, 2.05) is 28.2 Å². The summed E-state index contributed by atoms with van der Waals surface area (Å²) in [6.45, 7) is 7.22. The van der Waals surface area contributed by atoms with Crippen molar-refractivity contribution in [1.29, 1.82) is 0 Å². The van der Waals surface area contributed by atoms with Gasteiger partial charge >= 0.3 is 0 Å². The van der Waals surface area contributed by atoms with Crippen molar-refractivity contribution in [2.24, 2.45) is 0 Å². The molecule has 3 aromatic rings. The summed E-state index contributed by atoms with van der Waals surface area (Å²) < 4.78 is 3.00. The normalized spacial score (nSPS) is 17.8. The largest absolute Gasteiger partial charge is 0.297 e. The maximum atomic E-state index is 12.7. The van der Waals surface area contributed by atoms with Gasteiger partial charge in [0.1, 0.15) is 0 Å². The third-order valence-electron chi connectivity index (χ3n) is 5.04. The van der Waals surface area contributed by atoms with Gasteiger partial charge < -0.3 is 0 Å². The molecule has 0 radical (unpaired) electrons. The number of rotatable bonds is 4. The van der Waals surface area contributed by atoms with Gasteiger partial charge in [0.2, 0.25) is 0 Å². The van der Waals surface area contributed by atoms with Crippen LogP contribution in [0.25, 0.3) is 10.1 Å². The Balaban J connectivity index is 1.43. The van der Waals surface area contributed by atoms with Crippen LogP contribution >= 0.6 is 11.5 Å². The molecule has 1 fully saturated rings. The second kappa shape index (κ2) is 7.12. The molecule has 4 nitrogen and oxygen atoms in total. The minimum atomic E-state index is 0.115. The Morgan fingerprint density at radius 3 is 2.36 bits per heavy atom. The Labute approximate surface area is 152 Å². The molecule has 4 rings (SSSR count). The van der Waals surface area contributed by atoms with Crippen molar-refractivity contribution in [3.8, 4) is 0 Å². The SMILES string of the molecule is CC(N1CCN(Cc2ccccc2)CC1)n1sc2ccccc2c1=O. The fourth-order valence-electron chi connectivity index (χ4n) is 3.52. The Morgan fingerprint density at radius 1 is 0.960 bits per heavy atom. The van der Waals surface area contributed by atoms with Gasteiger partial charge in [-0.15, -0.1) is 0 Å². The molecule has 25 heavy (non-hydrogen) atoms. The predicted octanol–water partition coefficient (Wildman–Crippen LogP) is 3.40. The molecular weight excluding hydrogens is 330 g/mol. The second-order valence-electron chi connectivity index (χ2n) is 6.65. The molecule has 0 bridgehead atoms. The number of nitrogens with zero attached hydrogens (tertiary/aromatic N) is 3. The summed E-state index contributed by atoms with van der Waals surface area (Å²) in [6.07, 6.45) is 0.115. The molecule has 0 aliphatic carbocycles. The molecule has 1 unspecified atom stereocenters. The molecule has 0 amide bonds. The van der Waals surface area contributed by atoms with Crippen LogP contribution in [0.2, 0.25) is 0 Å². The van der Waals surface area contributed by atoms with Crippen molar-refractivity contribution in [1.82, 2.24) is 13.8 Å². The molecule has 130 valence electrons. The molecule has 0 spiro atoms. The van der Waals surface area contributed by atoms with Gasteiger partial charge in [-0.3, -0.25) is 14.6 Å². The molecule has 2 heterocycles. The molecule has 1 aliphatic rings. The Hall–Kier alpha value is -1.95. The maximum absolute atomic E-state index is 12.7. The first-order valence-electron chi connectivity index (χ1n) is 8.83. The summed E-state index contributed by atoms with van der Waals surface area (Å²) in [7, 11) is 0. The van der Waals surface area contributed by atoms with E-state index in [1.165, 1.54) is 5.56 Å². The van der Waals surface area contributed by atoms with E-state index in [-0.39, 0.29) is 11.7 Å². The minimum Gasteiger partial charge on any atom is -0.297 e. The van der Waals surface area contributed by atoms with Gasteiger partial charge in [0, 0.05) is 32.7 Å². The lowest BCUT2D eigenvalue weighted by Gasteiger charge is -2.37. The molecule has 1 atom stereocenters. The van der Waals surface area contributed by atoms with Crippen LogP contribution in [-0.4, -0.2) is 39.9 Å². The van der Waals surface area contributed by atoms with Crippen LogP contribution in [0.4, 0.5) is 0 Å². The highest BCUT2D eigenvalue weighted by molar-refractivity contribution is 7.13. The summed E-state index contributed by atoms with van der Waals surface area (Å²) in [5.74, 6) is 0. The van der Waals surface area contributed by atoms with Crippen LogP contribution in [0.3, 0.4) is 0 Å². The van der Waals surface area contributed by atoms with Gasteiger partial charge in [0.05, 0.1) is 16.3 Å². The van der Waals surface area contributed by atoms with Crippen LogP contribution < -0.4 is 5.56 Å². The van der Waals surface area contributed by atoms with E-state index in [2.05, 4.69) is 47.1 Å². The Kier molecular flexibility index (Phi) is 4.70. The van der Waals surface area contributed by atoms with Crippen molar-refractivity contribution in [2.75, 3.05) is 26.2 Å². The first kappa shape index (κ1) is 16.5. The van der Waals surface area contributed by atoms with Crippen molar-refractivity contribution < 1.29 is 0 Å². The summed E-state index contributed by atoms with van der Waals surface area (Å²) in [5, 5.41) is 0.835. The standard InChI is InChI=1S/C20H23N3OS/c1-16(23-20(24)18-9-5-6-10-19(18)25-23)22-13-11-21(12-14-22)15-17-7-3-2-4-8-17/h2-10,16H,11-15H2,1H3.